The summed E-state index contributed by atoms with van der Waals surface area (Å²) in [5.74, 6) is -0.993. The van der Waals surface area contributed by atoms with Crippen LogP contribution in [0.25, 0.3) is 0 Å². The Hall–Kier alpha value is -2.82. The molecule has 0 aliphatic carbocycles. The van der Waals surface area contributed by atoms with E-state index < -0.39 is 5.97 Å². The number of hydrogen-bond donors (Lipinski definition) is 2. The second kappa shape index (κ2) is 5.88. The highest BCUT2D eigenvalue weighted by Gasteiger charge is 2.11. The Bertz CT molecular complexity index is 609. The lowest BCUT2D eigenvalue weighted by Gasteiger charge is -2.18. The normalized spacial score (nSPS) is 9.85. The molecule has 5 nitrogen and oxygen atoms in total. The smallest absolute Gasteiger partial charge is 0.335 e. The standard InChI is InChI=1S/C15H14N2O3/c1-17(13-9-7-11(8-10-13)14(18)19)15(20)16-12-5-3-2-4-6-12/h2-10H,1H3,(H,16,20)(H,18,19). The van der Waals surface area contributed by atoms with Crippen LogP contribution in [0.1, 0.15) is 10.4 Å². The number of hydrogen-bond acceptors (Lipinski definition) is 2. The van der Waals surface area contributed by atoms with Crippen molar-refractivity contribution in [1.82, 2.24) is 0 Å². The number of anilines is 2. The predicted octanol–water partition coefficient (Wildman–Crippen LogP) is 3.05. The average molecular weight is 270 g/mol. The molecular weight excluding hydrogens is 256 g/mol. The molecule has 0 aromatic heterocycles. The molecule has 0 radical (unpaired) electrons. The quantitative estimate of drug-likeness (QED) is 0.900. The van der Waals surface area contributed by atoms with E-state index in [2.05, 4.69) is 5.32 Å². The molecule has 0 aliphatic heterocycles. The number of nitrogens with zero attached hydrogens (tertiary/aromatic N) is 1. The number of amides is 2. The van der Waals surface area contributed by atoms with E-state index in [1.54, 1.807) is 31.3 Å². The number of rotatable bonds is 3. The van der Waals surface area contributed by atoms with Crippen LogP contribution in [-0.2, 0) is 0 Å². The minimum atomic E-state index is -0.993. The van der Waals surface area contributed by atoms with Crippen molar-refractivity contribution in [2.24, 2.45) is 0 Å². The van der Waals surface area contributed by atoms with Gasteiger partial charge < -0.3 is 10.4 Å². The molecule has 2 aromatic carbocycles. The predicted molar refractivity (Wildman–Crippen MR) is 77.3 cm³/mol. The van der Waals surface area contributed by atoms with Gasteiger partial charge in [0, 0.05) is 18.4 Å². The van der Waals surface area contributed by atoms with Crippen LogP contribution in [0.15, 0.2) is 54.6 Å². The van der Waals surface area contributed by atoms with Gasteiger partial charge >= 0.3 is 12.0 Å². The molecule has 0 saturated heterocycles. The largest absolute Gasteiger partial charge is 0.478 e. The topological polar surface area (TPSA) is 69.6 Å². The van der Waals surface area contributed by atoms with E-state index in [-0.39, 0.29) is 11.6 Å². The van der Waals surface area contributed by atoms with E-state index in [0.717, 1.165) is 0 Å². The van der Waals surface area contributed by atoms with Gasteiger partial charge in [0.05, 0.1) is 5.56 Å². The van der Waals surface area contributed by atoms with Crippen LogP contribution >= 0.6 is 0 Å². The second-order valence-electron chi connectivity index (χ2n) is 4.21. The Kier molecular flexibility index (Phi) is 4.00. The van der Waals surface area contributed by atoms with Crippen LogP contribution < -0.4 is 10.2 Å². The van der Waals surface area contributed by atoms with Gasteiger partial charge in [0.25, 0.3) is 0 Å². The van der Waals surface area contributed by atoms with Crippen LogP contribution in [0.5, 0.6) is 0 Å². The molecule has 0 saturated carbocycles. The maximum absolute atomic E-state index is 12.0. The average Bonchev–Trinajstić information content (AvgIpc) is 2.47. The van der Waals surface area contributed by atoms with Crippen LogP contribution in [0.2, 0.25) is 0 Å². The van der Waals surface area contributed by atoms with Gasteiger partial charge in [-0.2, -0.15) is 0 Å². The maximum Gasteiger partial charge on any atom is 0.335 e. The summed E-state index contributed by atoms with van der Waals surface area (Å²) in [5.41, 5.74) is 1.50. The molecule has 0 heterocycles. The SMILES string of the molecule is CN(C(=O)Nc1ccccc1)c1ccc(C(=O)O)cc1. The Morgan fingerprint density at radius 3 is 2.15 bits per heavy atom. The lowest BCUT2D eigenvalue weighted by molar-refractivity contribution is 0.0697. The highest BCUT2D eigenvalue weighted by atomic mass is 16.4. The van der Waals surface area contributed by atoms with E-state index in [9.17, 15) is 9.59 Å². The molecule has 0 bridgehead atoms. The third-order valence-electron chi connectivity index (χ3n) is 2.83. The highest BCUT2D eigenvalue weighted by molar-refractivity contribution is 6.01. The van der Waals surface area contributed by atoms with Gasteiger partial charge in [-0.05, 0) is 36.4 Å². The summed E-state index contributed by atoms with van der Waals surface area (Å²) in [6.07, 6.45) is 0. The summed E-state index contributed by atoms with van der Waals surface area (Å²) in [5, 5.41) is 11.6. The minimum Gasteiger partial charge on any atom is -0.478 e. The fraction of sp³-hybridized carbons (Fsp3) is 0.0667. The minimum absolute atomic E-state index is 0.186. The lowest BCUT2D eigenvalue weighted by Crippen LogP contribution is -2.31. The summed E-state index contributed by atoms with van der Waals surface area (Å²) in [6, 6.07) is 14.9. The van der Waals surface area contributed by atoms with Crippen molar-refractivity contribution in [2.45, 2.75) is 0 Å². The Balaban J connectivity index is 2.08. The van der Waals surface area contributed by atoms with Crippen molar-refractivity contribution >= 4 is 23.4 Å². The zero-order chi connectivity index (χ0) is 14.5. The molecule has 2 aromatic rings. The summed E-state index contributed by atoms with van der Waals surface area (Å²) in [7, 11) is 1.62. The zero-order valence-corrected chi connectivity index (χ0v) is 10.9. The number of carboxylic acid groups (broad SMARTS) is 1. The highest BCUT2D eigenvalue weighted by Crippen LogP contribution is 2.15. The molecule has 2 N–H and O–H groups in total. The number of benzene rings is 2. The van der Waals surface area contributed by atoms with Crippen LogP contribution in [0.3, 0.4) is 0 Å². The van der Waals surface area contributed by atoms with E-state index in [4.69, 9.17) is 5.11 Å². The van der Waals surface area contributed by atoms with E-state index in [1.165, 1.54) is 17.0 Å². The summed E-state index contributed by atoms with van der Waals surface area (Å²) in [6.45, 7) is 0. The van der Waals surface area contributed by atoms with Crippen LogP contribution in [-0.4, -0.2) is 24.2 Å². The molecule has 0 aliphatic rings. The summed E-state index contributed by atoms with van der Waals surface area (Å²) >= 11 is 0. The fourth-order valence-corrected chi connectivity index (χ4v) is 1.67. The zero-order valence-electron chi connectivity index (χ0n) is 10.9. The van der Waals surface area contributed by atoms with Gasteiger partial charge in [-0.15, -0.1) is 0 Å². The molecule has 2 amide bonds. The van der Waals surface area contributed by atoms with Gasteiger partial charge in [-0.1, -0.05) is 18.2 Å². The number of nitrogens with one attached hydrogen (secondary N) is 1. The van der Waals surface area contributed by atoms with Crippen molar-refractivity contribution in [3.8, 4) is 0 Å². The first-order valence-electron chi connectivity index (χ1n) is 6.01. The molecule has 102 valence electrons. The van der Waals surface area contributed by atoms with Crippen molar-refractivity contribution in [1.29, 1.82) is 0 Å². The number of urea groups is 1. The Morgan fingerprint density at radius 1 is 1.00 bits per heavy atom. The van der Waals surface area contributed by atoms with Gasteiger partial charge in [0.15, 0.2) is 0 Å². The number of para-hydroxylation sites is 1. The maximum atomic E-state index is 12.0. The van der Waals surface area contributed by atoms with E-state index in [0.29, 0.717) is 11.4 Å². The van der Waals surface area contributed by atoms with Crippen molar-refractivity contribution < 1.29 is 14.7 Å². The Labute approximate surface area is 116 Å². The molecule has 0 unspecified atom stereocenters. The van der Waals surface area contributed by atoms with Crippen molar-refractivity contribution in [2.75, 3.05) is 17.3 Å². The summed E-state index contributed by atoms with van der Waals surface area (Å²) < 4.78 is 0. The second-order valence-corrected chi connectivity index (χ2v) is 4.21. The molecule has 20 heavy (non-hydrogen) atoms. The van der Waals surface area contributed by atoms with Gasteiger partial charge in [0.1, 0.15) is 0 Å². The van der Waals surface area contributed by atoms with Gasteiger partial charge in [-0.25, -0.2) is 9.59 Å². The number of carbonyl (C=O) groups excluding carboxylic acids is 1. The van der Waals surface area contributed by atoms with Crippen LogP contribution in [0.4, 0.5) is 16.2 Å². The third kappa shape index (κ3) is 3.14. The number of aromatic carboxylic acids is 1. The molecule has 5 heteroatoms. The van der Waals surface area contributed by atoms with E-state index in [1.807, 2.05) is 18.2 Å². The number of carboxylic acids is 1. The van der Waals surface area contributed by atoms with E-state index >= 15 is 0 Å². The molecular formula is C15H14N2O3. The molecule has 0 spiro atoms. The fourth-order valence-electron chi connectivity index (χ4n) is 1.67. The molecule has 0 atom stereocenters. The van der Waals surface area contributed by atoms with Crippen molar-refractivity contribution in [3.05, 3.63) is 60.2 Å². The molecule has 2 rings (SSSR count). The first kappa shape index (κ1) is 13.6. The third-order valence-corrected chi connectivity index (χ3v) is 2.83. The van der Waals surface area contributed by atoms with Gasteiger partial charge in [0.2, 0.25) is 0 Å². The first-order chi connectivity index (χ1) is 9.58. The molecule has 0 fully saturated rings. The van der Waals surface area contributed by atoms with Gasteiger partial charge in [-0.3, -0.25) is 4.90 Å². The summed E-state index contributed by atoms with van der Waals surface area (Å²) in [4.78, 5) is 24.2. The van der Waals surface area contributed by atoms with Crippen molar-refractivity contribution in [3.63, 3.8) is 0 Å². The van der Waals surface area contributed by atoms with Crippen LogP contribution in [0, 0.1) is 0 Å². The number of carbonyl (C=O) groups is 2. The lowest BCUT2D eigenvalue weighted by atomic mass is 10.2. The Morgan fingerprint density at radius 2 is 1.60 bits per heavy atom. The monoisotopic (exact) mass is 270 g/mol. The first-order valence-corrected chi connectivity index (χ1v) is 6.01.